The monoisotopic (exact) mass is 280 g/mol. The molecule has 0 aliphatic heterocycles. The lowest BCUT2D eigenvalue weighted by Crippen LogP contribution is -2.30. The van der Waals surface area contributed by atoms with Gasteiger partial charge < -0.3 is 4.90 Å². The molecule has 0 aliphatic carbocycles. The normalized spacial score (nSPS) is 11.5. The Morgan fingerprint density at radius 2 is 1.79 bits per heavy atom. The van der Waals surface area contributed by atoms with Crippen LogP contribution in [-0.2, 0) is 9.84 Å². The van der Waals surface area contributed by atoms with E-state index in [1.807, 2.05) is 13.0 Å². The van der Waals surface area contributed by atoms with Gasteiger partial charge in [-0.15, -0.1) is 0 Å². The second-order valence-corrected chi connectivity index (χ2v) is 6.50. The summed E-state index contributed by atoms with van der Waals surface area (Å²) >= 11 is 0. The summed E-state index contributed by atoms with van der Waals surface area (Å²) in [5, 5.41) is 8.69. The number of hydrogen-bond donors (Lipinski definition) is 0. The summed E-state index contributed by atoms with van der Waals surface area (Å²) in [6, 6.07) is 8.06. The molecule has 0 unspecified atom stereocenters. The predicted molar refractivity (Wildman–Crippen MR) is 75.6 cm³/mol. The van der Waals surface area contributed by atoms with Crippen LogP contribution in [0.5, 0.6) is 0 Å². The average Bonchev–Trinajstić information content (AvgIpc) is 2.43. The lowest BCUT2D eigenvalue weighted by molar-refractivity contribution is 0.305. The topological polar surface area (TPSA) is 61.2 Å². The van der Waals surface area contributed by atoms with Crippen LogP contribution in [-0.4, -0.2) is 38.7 Å². The van der Waals surface area contributed by atoms with Crippen molar-refractivity contribution in [1.29, 1.82) is 5.26 Å². The van der Waals surface area contributed by atoms with Gasteiger partial charge in [-0.05, 0) is 43.8 Å². The maximum absolute atomic E-state index is 12.1. The Kier molecular flexibility index (Phi) is 6.00. The Labute approximate surface area is 115 Å². The molecule has 0 amide bonds. The first kappa shape index (κ1) is 15.7. The van der Waals surface area contributed by atoms with Gasteiger partial charge in [-0.1, -0.05) is 13.8 Å². The van der Waals surface area contributed by atoms with Crippen molar-refractivity contribution in [3.8, 4) is 6.07 Å². The minimum Gasteiger partial charge on any atom is -0.303 e. The summed E-state index contributed by atoms with van der Waals surface area (Å²) in [5.74, 6) is 0.118. The Morgan fingerprint density at radius 1 is 1.16 bits per heavy atom. The van der Waals surface area contributed by atoms with Crippen LogP contribution in [0.25, 0.3) is 0 Å². The van der Waals surface area contributed by atoms with Crippen LogP contribution in [0.3, 0.4) is 0 Å². The molecule has 0 saturated carbocycles. The van der Waals surface area contributed by atoms with Crippen LogP contribution in [0.1, 0.15) is 25.8 Å². The minimum absolute atomic E-state index is 0.118. The van der Waals surface area contributed by atoms with Crippen molar-refractivity contribution in [2.45, 2.75) is 25.2 Å². The fourth-order valence-corrected chi connectivity index (χ4v) is 3.13. The van der Waals surface area contributed by atoms with Crippen molar-refractivity contribution < 1.29 is 8.42 Å². The fourth-order valence-electron chi connectivity index (χ4n) is 1.85. The van der Waals surface area contributed by atoms with Gasteiger partial charge in [-0.25, -0.2) is 8.42 Å². The largest absolute Gasteiger partial charge is 0.303 e. The lowest BCUT2D eigenvalue weighted by Gasteiger charge is -2.19. The molecule has 5 heteroatoms. The van der Waals surface area contributed by atoms with Crippen LogP contribution >= 0.6 is 0 Å². The van der Waals surface area contributed by atoms with Crippen molar-refractivity contribution in [2.24, 2.45) is 0 Å². The van der Waals surface area contributed by atoms with Gasteiger partial charge in [0.05, 0.1) is 22.3 Å². The van der Waals surface area contributed by atoms with Crippen LogP contribution in [0.15, 0.2) is 29.2 Å². The third-order valence-electron chi connectivity index (χ3n) is 3.01. The molecule has 0 bridgehead atoms. The molecule has 1 rings (SSSR count). The van der Waals surface area contributed by atoms with E-state index in [-0.39, 0.29) is 5.75 Å². The highest BCUT2D eigenvalue weighted by atomic mass is 32.2. The van der Waals surface area contributed by atoms with E-state index in [1.165, 1.54) is 24.3 Å². The van der Waals surface area contributed by atoms with Gasteiger partial charge in [0, 0.05) is 6.54 Å². The standard InChI is InChI=1S/C14H20N2O2S/c1-3-9-16(4-2)10-11-19(17,18)14-7-5-13(12-15)6-8-14/h5-8H,3-4,9-11H2,1-2H3. The van der Waals surface area contributed by atoms with Crippen molar-refractivity contribution in [2.75, 3.05) is 25.4 Å². The lowest BCUT2D eigenvalue weighted by atomic mass is 10.2. The van der Waals surface area contributed by atoms with E-state index in [1.54, 1.807) is 0 Å². The molecule has 0 atom stereocenters. The molecular weight excluding hydrogens is 260 g/mol. The fraction of sp³-hybridized carbons (Fsp3) is 0.500. The Balaban J connectivity index is 2.72. The molecule has 4 nitrogen and oxygen atoms in total. The quantitative estimate of drug-likeness (QED) is 0.767. The molecule has 0 aliphatic rings. The van der Waals surface area contributed by atoms with E-state index < -0.39 is 9.84 Å². The molecule has 1 aromatic carbocycles. The highest BCUT2D eigenvalue weighted by Gasteiger charge is 2.15. The van der Waals surface area contributed by atoms with Crippen LogP contribution < -0.4 is 0 Å². The van der Waals surface area contributed by atoms with Crippen LogP contribution in [0, 0.1) is 11.3 Å². The second-order valence-electron chi connectivity index (χ2n) is 4.39. The molecule has 0 spiro atoms. The van der Waals surface area contributed by atoms with Crippen molar-refractivity contribution in [3.63, 3.8) is 0 Å². The van der Waals surface area contributed by atoms with E-state index >= 15 is 0 Å². The summed E-state index contributed by atoms with van der Waals surface area (Å²) in [4.78, 5) is 2.42. The zero-order valence-electron chi connectivity index (χ0n) is 11.5. The smallest absolute Gasteiger partial charge is 0.179 e. The third-order valence-corrected chi connectivity index (χ3v) is 4.72. The molecule has 0 heterocycles. The Morgan fingerprint density at radius 3 is 2.26 bits per heavy atom. The summed E-state index contributed by atoms with van der Waals surface area (Å²) in [6.45, 7) is 6.44. The number of hydrogen-bond acceptors (Lipinski definition) is 4. The number of sulfone groups is 1. The Bertz CT molecular complexity index is 530. The van der Waals surface area contributed by atoms with E-state index in [0.29, 0.717) is 17.0 Å². The molecule has 19 heavy (non-hydrogen) atoms. The average molecular weight is 280 g/mol. The van der Waals surface area contributed by atoms with E-state index in [4.69, 9.17) is 5.26 Å². The first-order valence-corrected chi connectivity index (χ1v) is 8.14. The number of nitriles is 1. The molecule has 1 aromatic rings. The zero-order chi connectivity index (χ0) is 14.3. The third kappa shape index (κ3) is 4.66. The van der Waals surface area contributed by atoms with E-state index in [9.17, 15) is 8.42 Å². The molecule has 0 saturated heterocycles. The highest BCUT2D eigenvalue weighted by molar-refractivity contribution is 7.91. The second kappa shape index (κ2) is 7.27. The van der Waals surface area contributed by atoms with Gasteiger partial charge in [0.15, 0.2) is 9.84 Å². The van der Waals surface area contributed by atoms with Crippen molar-refractivity contribution in [1.82, 2.24) is 4.90 Å². The number of rotatable bonds is 7. The first-order chi connectivity index (χ1) is 9.03. The maximum atomic E-state index is 12.1. The molecule has 104 valence electrons. The van der Waals surface area contributed by atoms with Gasteiger partial charge >= 0.3 is 0 Å². The zero-order valence-corrected chi connectivity index (χ0v) is 12.3. The Hall–Kier alpha value is -1.38. The van der Waals surface area contributed by atoms with Crippen LogP contribution in [0.4, 0.5) is 0 Å². The van der Waals surface area contributed by atoms with E-state index in [0.717, 1.165) is 19.5 Å². The summed E-state index contributed by atoms with van der Waals surface area (Å²) < 4.78 is 24.3. The predicted octanol–water partition coefficient (Wildman–Crippen LogP) is 2.06. The molecule has 0 fully saturated rings. The highest BCUT2D eigenvalue weighted by Crippen LogP contribution is 2.12. The number of nitrogens with zero attached hydrogens (tertiary/aromatic N) is 2. The first-order valence-electron chi connectivity index (χ1n) is 6.48. The van der Waals surface area contributed by atoms with Gasteiger partial charge in [-0.3, -0.25) is 0 Å². The summed E-state index contributed by atoms with van der Waals surface area (Å²) in [5.41, 5.74) is 0.472. The van der Waals surface area contributed by atoms with Gasteiger partial charge in [-0.2, -0.15) is 5.26 Å². The molecule has 0 aromatic heterocycles. The van der Waals surface area contributed by atoms with Gasteiger partial charge in [0.1, 0.15) is 0 Å². The molecule has 0 radical (unpaired) electrons. The van der Waals surface area contributed by atoms with Gasteiger partial charge in [0.2, 0.25) is 0 Å². The maximum Gasteiger partial charge on any atom is 0.179 e. The van der Waals surface area contributed by atoms with Gasteiger partial charge in [0.25, 0.3) is 0 Å². The molecule has 0 N–H and O–H groups in total. The summed E-state index contributed by atoms with van der Waals surface area (Å²) in [7, 11) is -3.26. The molecular formula is C14H20N2O2S. The minimum atomic E-state index is -3.26. The SMILES string of the molecule is CCCN(CC)CCS(=O)(=O)c1ccc(C#N)cc1. The summed E-state index contributed by atoms with van der Waals surface area (Å²) in [6.07, 6.45) is 1.02. The van der Waals surface area contributed by atoms with E-state index in [2.05, 4.69) is 11.8 Å². The van der Waals surface area contributed by atoms with Crippen molar-refractivity contribution >= 4 is 9.84 Å². The number of benzene rings is 1. The van der Waals surface area contributed by atoms with Crippen LogP contribution in [0.2, 0.25) is 0 Å². The van der Waals surface area contributed by atoms with Crippen molar-refractivity contribution in [3.05, 3.63) is 29.8 Å².